The molecule has 2 aromatic rings. The van der Waals surface area contributed by atoms with Gasteiger partial charge in [-0.05, 0) is 37.5 Å². The van der Waals surface area contributed by atoms with Gasteiger partial charge in [0.25, 0.3) is 0 Å². The molecule has 3 heterocycles. The van der Waals surface area contributed by atoms with E-state index in [0.717, 1.165) is 36.3 Å². The van der Waals surface area contributed by atoms with Gasteiger partial charge in [0.1, 0.15) is 5.76 Å². The summed E-state index contributed by atoms with van der Waals surface area (Å²) in [6.07, 6.45) is 2.76. The monoisotopic (exact) mass is 343 g/mol. The van der Waals surface area contributed by atoms with Crippen LogP contribution in [0.2, 0.25) is 0 Å². The number of anilines is 1. The zero-order chi connectivity index (χ0) is 17.2. The molecule has 1 fully saturated rings. The normalized spacial score (nSPS) is 19.6. The molecular weight excluding hydrogens is 322 g/mol. The van der Waals surface area contributed by atoms with Gasteiger partial charge in [-0.3, -0.25) is 5.32 Å². The molecule has 1 aromatic carbocycles. The fourth-order valence-corrected chi connectivity index (χ4v) is 3.35. The number of nitrogens with zero attached hydrogens (tertiary/aromatic N) is 2. The molecule has 0 spiro atoms. The summed E-state index contributed by atoms with van der Waals surface area (Å²) < 4.78 is 16.5. The minimum Gasteiger partial charge on any atom is -0.490 e. The Labute approximate surface area is 145 Å². The first-order valence-corrected chi connectivity index (χ1v) is 8.61. The van der Waals surface area contributed by atoms with Crippen LogP contribution in [0.4, 0.5) is 10.6 Å². The molecular formula is C18H21N3O4. The quantitative estimate of drug-likeness (QED) is 0.903. The first-order valence-electron chi connectivity index (χ1n) is 8.61. The number of likely N-dealkylation sites (tertiary alicyclic amines) is 1. The average Bonchev–Trinajstić information content (AvgIpc) is 3.18. The van der Waals surface area contributed by atoms with Crippen molar-refractivity contribution in [1.29, 1.82) is 0 Å². The lowest BCUT2D eigenvalue weighted by Gasteiger charge is -2.25. The number of rotatable bonds is 2. The van der Waals surface area contributed by atoms with Gasteiger partial charge in [0, 0.05) is 19.0 Å². The number of fused-ring (bicyclic) bond motifs is 1. The third-order valence-corrected chi connectivity index (χ3v) is 4.53. The van der Waals surface area contributed by atoms with Crippen molar-refractivity contribution in [1.82, 2.24) is 10.1 Å². The van der Waals surface area contributed by atoms with Gasteiger partial charge < -0.3 is 18.9 Å². The summed E-state index contributed by atoms with van der Waals surface area (Å²) in [4.78, 5) is 14.5. The number of hydrogen-bond donors (Lipinski definition) is 1. The minimum absolute atomic E-state index is 0.0187. The summed E-state index contributed by atoms with van der Waals surface area (Å²) in [5.74, 6) is 2.63. The Hall–Kier alpha value is -2.70. The van der Waals surface area contributed by atoms with Crippen LogP contribution < -0.4 is 14.8 Å². The van der Waals surface area contributed by atoms with E-state index in [0.29, 0.717) is 31.3 Å². The summed E-state index contributed by atoms with van der Waals surface area (Å²) in [5, 5.41) is 6.63. The molecule has 132 valence electrons. The van der Waals surface area contributed by atoms with Crippen LogP contribution in [0.5, 0.6) is 11.5 Å². The van der Waals surface area contributed by atoms with Gasteiger partial charge in [-0.25, -0.2) is 4.79 Å². The van der Waals surface area contributed by atoms with Crippen molar-refractivity contribution in [2.75, 3.05) is 25.1 Å². The van der Waals surface area contributed by atoms with Crippen LogP contribution in [0.1, 0.15) is 36.6 Å². The van der Waals surface area contributed by atoms with Crippen molar-refractivity contribution in [3.05, 3.63) is 35.6 Å². The van der Waals surface area contributed by atoms with Crippen LogP contribution in [-0.2, 0) is 0 Å². The van der Waals surface area contributed by atoms with Crippen LogP contribution in [0, 0.1) is 6.92 Å². The molecule has 1 atom stereocenters. The standard InChI is InChI=1S/C18H21N3O4/c1-12-10-17(20-25-12)19-18(22)21-7-2-4-14(21)13-5-6-15-16(11-13)24-9-3-8-23-15/h5-6,10-11,14H,2-4,7-9H2,1H3,(H,19,20,22)/t14-/m1/s1. The molecule has 7 heteroatoms. The van der Waals surface area contributed by atoms with Crippen LogP contribution in [0.25, 0.3) is 0 Å². The van der Waals surface area contributed by atoms with E-state index in [4.69, 9.17) is 14.0 Å². The van der Waals surface area contributed by atoms with Gasteiger partial charge >= 0.3 is 6.03 Å². The van der Waals surface area contributed by atoms with Crippen LogP contribution in [0.3, 0.4) is 0 Å². The van der Waals surface area contributed by atoms with E-state index in [2.05, 4.69) is 10.5 Å². The highest BCUT2D eigenvalue weighted by Gasteiger charge is 2.31. The number of aryl methyl sites for hydroxylation is 1. The van der Waals surface area contributed by atoms with Gasteiger partial charge in [-0.15, -0.1) is 0 Å². The maximum absolute atomic E-state index is 12.6. The number of urea groups is 1. The number of benzene rings is 1. The molecule has 2 aliphatic rings. The van der Waals surface area contributed by atoms with Gasteiger partial charge in [0.2, 0.25) is 0 Å². The summed E-state index contributed by atoms with van der Waals surface area (Å²) in [6, 6.07) is 7.51. The lowest BCUT2D eigenvalue weighted by atomic mass is 10.0. The van der Waals surface area contributed by atoms with Crippen molar-refractivity contribution >= 4 is 11.8 Å². The summed E-state index contributed by atoms with van der Waals surface area (Å²) >= 11 is 0. The fraction of sp³-hybridized carbons (Fsp3) is 0.444. The molecule has 2 aliphatic heterocycles. The highest BCUT2D eigenvalue weighted by Crippen LogP contribution is 2.38. The second kappa shape index (κ2) is 6.66. The van der Waals surface area contributed by atoms with E-state index in [-0.39, 0.29) is 12.1 Å². The highest BCUT2D eigenvalue weighted by molar-refractivity contribution is 5.88. The SMILES string of the molecule is Cc1cc(NC(=O)N2CCC[C@@H]2c2ccc3c(c2)OCCCO3)no1. The Morgan fingerprint density at radius 1 is 1.20 bits per heavy atom. The molecule has 4 rings (SSSR count). The van der Waals surface area contributed by atoms with Gasteiger partial charge in [-0.2, -0.15) is 0 Å². The van der Waals surface area contributed by atoms with Crippen molar-refractivity contribution in [3.8, 4) is 11.5 Å². The van der Waals surface area contributed by atoms with E-state index >= 15 is 0 Å². The van der Waals surface area contributed by atoms with Crippen molar-refractivity contribution in [3.63, 3.8) is 0 Å². The molecule has 0 aliphatic carbocycles. The number of ether oxygens (including phenoxy) is 2. The maximum atomic E-state index is 12.6. The molecule has 0 unspecified atom stereocenters. The van der Waals surface area contributed by atoms with Crippen molar-refractivity contribution in [2.45, 2.75) is 32.2 Å². The molecule has 25 heavy (non-hydrogen) atoms. The average molecular weight is 343 g/mol. The summed E-state index contributed by atoms with van der Waals surface area (Å²) in [6.45, 7) is 3.82. The lowest BCUT2D eigenvalue weighted by Crippen LogP contribution is -2.34. The first-order chi connectivity index (χ1) is 12.2. The lowest BCUT2D eigenvalue weighted by molar-refractivity contribution is 0.206. The Kier molecular flexibility index (Phi) is 4.21. The van der Waals surface area contributed by atoms with E-state index < -0.39 is 0 Å². The third-order valence-electron chi connectivity index (χ3n) is 4.53. The Balaban J connectivity index is 1.53. The van der Waals surface area contributed by atoms with Gasteiger partial charge in [-0.1, -0.05) is 11.2 Å². The number of carbonyl (C=O) groups is 1. The number of carbonyl (C=O) groups excluding carboxylic acids is 1. The Morgan fingerprint density at radius 3 is 2.84 bits per heavy atom. The molecule has 1 saturated heterocycles. The van der Waals surface area contributed by atoms with Crippen LogP contribution in [-0.4, -0.2) is 35.8 Å². The van der Waals surface area contributed by atoms with Crippen molar-refractivity contribution < 1.29 is 18.8 Å². The molecule has 1 aromatic heterocycles. The largest absolute Gasteiger partial charge is 0.490 e. The Morgan fingerprint density at radius 2 is 2.04 bits per heavy atom. The molecule has 7 nitrogen and oxygen atoms in total. The molecule has 1 N–H and O–H groups in total. The predicted molar refractivity (Wildman–Crippen MR) is 91.0 cm³/mol. The smallest absolute Gasteiger partial charge is 0.323 e. The maximum Gasteiger partial charge on any atom is 0.323 e. The third kappa shape index (κ3) is 3.26. The fourth-order valence-electron chi connectivity index (χ4n) is 3.35. The molecule has 2 amide bonds. The number of amides is 2. The summed E-state index contributed by atoms with van der Waals surface area (Å²) in [7, 11) is 0. The van der Waals surface area contributed by atoms with E-state index in [9.17, 15) is 4.79 Å². The van der Waals surface area contributed by atoms with Crippen LogP contribution >= 0.6 is 0 Å². The van der Waals surface area contributed by atoms with Crippen molar-refractivity contribution in [2.24, 2.45) is 0 Å². The second-order valence-corrected chi connectivity index (χ2v) is 6.36. The van der Waals surface area contributed by atoms with E-state index in [1.165, 1.54) is 0 Å². The van der Waals surface area contributed by atoms with Gasteiger partial charge in [0.15, 0.2) is 17.3 Å². The zero-order valence-electron chi connectivity index (χ0n) is 14.2. The zero-order valence-corrected chi connectivity index (χ0v) is 14.2. The highest BCUT2D eigenvalue weighted by atomic mass is 16.5. The number of hydrogen-bond acceptors (Lipinski definition) is 5. The van der Waals surface area contributed by atoms with Crippen LogP contribution in [0.15, 0.2) is 28.8 Å². The first kappa shape index (κ1) is 15.8. The van der Waals surface area contributed by atoms with E-state index in [1.807, 2.05) is 23.1 Å². The molecule has 0 saturated carbocycles. The second-order valence-electron chi connectivity index (χ2n) is 6.36. The van der Waals surface area contributed by atoms with Gasteiger partial charge in [0.05, 0.1) is 19.3 Å². The topological polar surface area (TPSA) is 76.8 Å². The number of aromatic nitrogens is 1. The van der Waals surface area contributed by atoms with E-state index in [1.54, 1.807) is 13.0 Å². The molecule has 0 bridgehead atoms. The number of nitrogens with one attached hydrogen (secondary N) is 1. The summed E-state index contributed by atoms with van der Waals surface area (Å²) in [5.41, 5.74) is 1.06. The Bertz CT molecular complexity index is 773. The molecule has 0 radical (unpaired) electrons. The predicted octanol–water partition coefficient (Wildman–Crippen LogP) is 3.51. The minimum atomic E-state index is -0.164.